The minimum atomic E-state index is -0.310. The number of carbonyl (C=O) groups excluding carboxylic acids is 1. The first kappa shape index (κ1) is 16.8. The molecule has 1 N–H and O–H groups in total. The predicted octanol–water partition coefficient (Wildman–Crippen LogP) is 4.31. The van der Waals surface area contributed by atoms with Gasteiger partial charge in [0.05, 0.1) is 11.2 Å². The second-order valence-corrected chi connectivity index (χ2v) is 7.34. The number of thioether (sulfide) groups is 1. The van der Waals surface area contributed by atoms with Crippen molar-refractivity contribution < 1.29 is 9.18 Å². The van der Waals surface area contributed by atoms with Crippen LogP contribution in [0.1, 0.15) is 10.5 Å². The van der Waals surface area contributed by atoms with Crippen molar-refractivity contribution in [1.29, 1.82) is 0 Å². The summed E-state index contributed by atoms with van der Waals surface area (Å²) >= 11 is 1.86. The van der Waals surface area contributed by atoms with E-state index >= 15 is 0 Å². The fourth-order valence-corrected chi connectivity index (χ4v) is 3.94. The molecule has 0 saturated carbocycles. The van der Waals surface area contributed by atoms with Crippen LogP contribution in [0.4, 0.5) is 15.8 Å². The van der Waals surface area contributed by atoms with E-state index in [4.69, 9.17) is 0 Å². The molecule has 1 fully saturated rings. The summed E-state index contributed by atoms with van der Waals surface area (Å²) in [6.45, 7) is 1.48. The number of benzene rings is 2. The van der Waals surface area contributed by atoms with Crippen LogP contribution in [0.2, 0.25) is 0 Å². The first-order valence-electron chi connectivity index (χ1n) is 8.50. The normalized spacial score (nSPS) is 14.4. The van der Waals surface area contributed by atoms with E-state index in [1.165, 1.54) is 12.1 Å². The maximum absolute atomic E-state index is 13.5. The van der Waals surface area contributed by atoms with E-state index in [1.54, 1.807) is 18.2 Å². The van der Waals surface area contributed by atoms with Gasteiger partial charge in [-0.2, -0.15) is 11.8 Å². The molecule has 0 spiro atoms. The van der Waals surface area contributed by atoms with Gasteiger partial charge in [-0.1, -0.05) is 24.3 Å². The summed E-state index contributed by atoms with van der Waals surface area (Å²) < 4.78 is 13.5. The van der Waals surface area contributed by atoms with Crippen molar-refractivity contribution >= 4 is 39.9 Å². The van der Waals surface area contributed by atoms with Crippen LogP contribution in [0.5, 0.6) is 0 Å². The Balaban J connectivity index is 1.74. The predicted molar refractivity (Wildman–Crippen MR) is 105 cm³/mol. The second-order valence-electron chi connectivity index (χ2n) is 6.11. The quantitative estimate of drug-likeness (QED) is 0.749. The largest absolute Gasteiger partial charge is 0.355 e. The zero-order valence-electron chi connectivity index (χ0n) is 14.1. The molecular weight excluding hydrogens is 349 g/mol. The van der Waals surface area contributed by atoms with Gasteiger partial charge in [0, 0.05) is 35.7 Å². The van der Waals surface area contributed by atoms with Crippen LogP contribution in [-0.4, -0.2) is 40.4 Å². The van der Waals surface area contributed by atoms with Gasteiger partial charge >= 0.3 is 0 Å². The average molecular weight is 367 g/mol. The Morgan fingerprint density at radius 2 is 1.88 bits per heavy atom. The number of halogens is 1. The molecule has 132 valence electrons. The number of hydrogen-bond donors (Lipinski definition) is 1. The summed E-state index contributed by atoms with van der Waals surface area (Å²) in [7, 11) is 0. The van der Waals surface area contributed by atoms with Gasteiger partial charge in [0.2, 0.25) is 0 Å². The summed E-state index contributed by atoms with van der Waals surface area (Å²) in [4.78, 5) is 19.3. The molecule has 0 atom stereocenters. The maximum atomic E-state index is 13.5. The van der Waals surface area contributed by atoms with E-state index in [0.717, 1.165) is 41.2 Å². The molecule has 4 rings (SSSR count). The number of rotatable bonds is 3. The molecule has 0 radical (unpaired) electrons. The smallest absolute Gasteiger partial charge is 0.272 e. The van der Waals surface area contributed by atoms with Crippen LogP contribution >= 0.6 is 11.8 Å². The molecule has 3 aromatic rings. The minimum Gasteiger partial charge on any atom is -0.355 e. The first-order valence-corrected chi connectivity index (χ1v) is 9.65. The molecule has 1 amide bonds. The van der Waals surface area contributed by atoms with Crippen molar-refractivity contribution in [1.82, 2.24) is 9.88 Å². The average Bonchev–Trinajstić information content (AvgIpc) is 2.68. The standard InChI is InChI=1S/C20H18FN3OS/c21-14-4-3-5-15(12-14)22-18-13-19(20(25)24-8-10-26-11-9-24)23-17-7-2-1-6-16(17)18/h1-7,12-13H,8-11H2,(H,22,23). The highest BCUT2D eigenvalue weighted by Crippen LogP contribution is 2.27. The Morgan fingerprint density at radius 1 is 1.08 bits per heavy atom. The molecule has 4 nitrogen and oxygen atoms in total. The lowest BCUT2D eigenvalue weighted by Crippen LogP contribution is -2.38. The topological polar surface area (TPSA) is 45.2 Å². The second kappa shape index (κ2) is 7.33. The molecule has 1 aromatic heterocycles. The summed E-state index contributed by atoms with van der Waals surface area (Å²) in [5, 5.41) is 4.12. The summed E-state index contributed by atoms with van der Waals surface area (Å²) in [6.07, 6.45) is 0. The molecular formula is C20H18FN3OS. The molecule has 2 heterocycles. The number of para-hydroxylation sites is 1. The van der Waals surface area contributed by atoms with Crippen molar-refractivity contribution in [3.8, 4) is 0 Å². The third kappa shape index (κ3) is 3.51. The highest BCUT2D eigenvalue weighted by atomic mass is 32.2. The third-order valence-electron chi connectivity index (χ3n) is 4.34. The highest BCUT2D eigenvalue weighted by Gasteiger charge is 2.21. The zero-order chi connectivity index (χ0) is 17.9. The van der Waals surface area contributed by atoms with Crippen LogP contribution in [0.25, 0.3) is 10.9 Å². The number of aromatic nitrogens is 1. The van der Waals surface area contributed by atoms with Crippen molar-refractivity contribution in [2.45, 2.75) is 0 Å². The number of pyridine rings is 1. The minimum absolute atomic E-state index is 0.0571. The Bertz CT molecular complexity index is 957. The van der Waals surface area contributed by atoms with Crippen LogP contribution in [-0.2, 0) is 0 Å². The van der Waals surface area contributed by atoms with Gasteiger partial charge in [-0.3, -0.25) is 4.79 Å². The number of nitrogens with zero attached hydrogens (tertiary/aromatic N) is 2. The Labute approximate surface area is 155 Å². The Hall–Kier alpha value is -2.60. The molecule has 0 unspecified atom stereocenters. The van der Waals surface area contributed by atoms with Crippen molar-refractivity contribution in [2.24, 2.45) is 0 Å². The van der Waals surface area contributed by atoms with Gasteiger partial charge in [0.15, 0.2) is 0 Å². The number of nitrogens with one attached hydrogen (secondary N) is 1. The zero-order valence-corrected chi connectivity index (χ0v) is 14.9. The summed E-state index contributed by atoms with van der Waals surface area (Å²) in [6, 6.07) is 15.7. The van der Waals surface area contributed by atoms with E-state index in [1.807, 2.05) is 40.9 Å². The number of fused-ring (bicyclic) bond motifs is 1. The van der Waals surface area contributed by atoms with Gasteiger partial charge in [0.25, 0.3) is 5.91 Å². The SMILES string of the molecule is O=C(c1cc(Nc2cccc(F)c2)c2ccccc2n1)N1CCSCC1. The van der Waals surface area contributed by atoms with Gasteiger partial charge in [-0.15, -0.1) is 0 Å². The molecule has 0 bridgehead atoms. The van der Waals surface area contributed by atoms with Crippen LogP contribution in [0, 0.1) is 5.82 Å². The molecule has 0 aliphatic carbocycles. The van der Waals surface area contributed by atoms with Crippen molar-refractivity contribution in [3.05, 3.63) is 66.1 Å². The number of carbonyl (C=O) groups is 1. The van der Waals surface area contributed by atoms with E-state index in [0.29, 0.717) is 11.4 Å². The highest BCUT2D eigenvalue weighted by molar-refractivity contribution is 7.99. The maximum Gasteiger partial charge on any atom is 0.272 e. The fourth-order valence-electron chi connectivity index (χ4n) is 3.04. The van der Waals surface area contributed by atoms with Gasteiger partial charge in [0.1, 0.15) is 11.5 Å². The van der Waals surface area contributed by atoms with Crippen LogP contribution < -0.4 is 5.32 Å². The first-order chi connectivity index (χ1) is 12.7. The van der Waals surface area contributed by atoms with E-state index in [-0.39, 0.29) is 11.7 Å². The lowest BCUT2D eigenvalue weighted by molar-refractivity contribution is 0.0767. The van der Waals surface area contributed by atoms with Gasteiger partial charge in [-0.05, 0) is 30.3 Å². The van der Waals surface area contributed by atoms with Crippen molar-refractivity contribution in [3.63, 3.8) is 0 Å². The van der Waals surface area contributed by atoms with Gasteiger partial charge < -0.3 is 10.2 Å². The fraction of sp³-hybridized carbons (Fsp3) is 0.200. The van der Waals surface area contributed by atoms with Crippen LogP contribution in [0.15, 0.2) is 54.6 Å². The van der Waals surface area contributed by atoms with E-state index < -0.39 is 0 Å². The molecule has 2 aromatic carbocycles. The third-order valence-corrected chi connectivity index (χ3v) is 5.28. The van der Waals surface area contributed by atoms with E-state index in [9.17, 15) is 9.18 Å². The van der Waals surface area contributed by atoms with Crippen LogP contribution in [0.3, 0.4) is 0 Å². The van der Waals surface area contributed by atoms with Gasteiger partial charge in [-0.25, -0.2) is 9.37 Å². The molecule has 1 saturated heterocycles. The Morgan fingerprint density at radius 3 is 2.69 bits per heavy atom. The number of hydrogen-bond acceptors (Lipinski definition) is 4. The van der Waals surface area contributed by atoms with Crippen molar-refractivity contribution in [2.75, 3.05) is 29.9 Å². The molecule has 6 heteroatoms. The van der Waals surface area contributed by atoms with E-state index in [2.05, 4.69) is 10.3 Å². The Kier molecular flexibility index (Phi) is 4.75. The molecule has 1 aliphatic rings. The monoisotopic (exact) mass is 367 g/mol. The molecule has 1 aliphatic heterocycles. The lowest BCUT2D eigenvalue weighted by Gasteiger charge is -2.26. The summed E-state index contributed by atoms with van der Waals surface area (Å²) in [5.74, 6) is 1.54. The number of amides is 1. The molecule has 26 heavy (non-hydrogen) atoms. The summed E-state index contributed by atoms with van der Waals surface area (Å²) in [5.41, 5.74) is 2.53. The lowest BCUT2D eigenvalue weighted by atomic mass is 10.1. The number of anilines is 2.